The molecule has 2 amide bonds. The number of rotatable bonds is 7. The van der Waals surface area contributed by atoms with Crippen molar-refractivity contribution >= 4 is 6.03 Å². The lowest BCUT2D eigenvalue weighted by Crippen LogP contribution is -2.58. The van der Waals surface area contributed by atoms with E-state index < -0.39 is 0 Å². The fourth-order valence-corrected chi connectivity index (χ4v) is 3.21. The normalized spacial score (nSPS) is 17.7. The molecule has 2 rings (SSSR count). The Morgan fingerprint density at radius 3 is 2.62 bits per heavy atom. The standard InChI is InChI=1S/C19H33N5O2/c1-19(2,24-12-10-22(3)11-13-24)15-21-18(25)23(4)17(14-26-5)16-8-6-7-9-20-16/h6-9,17H,10-15H2,1-5H3,(H,21,25). The van der Waals surface area contributed by atoms with Gasteiger partial charge in [0.05, 0.1) is 18.3 Å². The first-order valence-corrected chi connectivity index (χ1v) is 9.19. The number of hydrogen-bond acceptors (Lipinski definition) is 5. The lowest BCUT2D eigenvalue weighted by atomic mass is 10.0. The predicted octanol–water partition coefficient (Wildman–Crippen LogP) is 1.44. The highest BCUT2D eigenvalue weighted by Crippen LogP contribution is 2.19. The first-order chi connectivity index (χ1) is 12.3. The second-order valence-electron chi connectivity index (χ2n) is 7.60. The monoisotopic (exact) mass is 363 g/mol. The molecule has 0 saturated carbocycles. The number of carbonyl (C=O) groups excluding carboxylic acids is 1. The van der Waals surface area contributed by atoms with Crippen molar-refractivity contribution in [3.8, 4) is 0 Å². The molecule has 1 saturated heterocycles. The zero-order valence-corrected chi connectivity index (χ0v) is 16.7. The fraction of sp³-hybridized carbons (Fsp3) is 0.684. The van der Waals surface area contributed by atoms with Crippen LogP contribution in [0.2, 0.25) is 0 Å². The maximum Gasteiger partial charge on any atom is 0.317 e. The molecule has 1 aromatic heterocycles. The van der Waals surface area contributed by atoms with Crippen molar-refractivity contribution in [2.75, 3.05) is 60.5 Å². The Balaban J connectivity index is 1.94. The van der Waals surface area contributed by atoms with Gasteiger partial charge in [0.25, 0.3) is 0 Å². The Bertz CT molecular complexity index is 558. The molecule has 7 nitrogen and oxygen atoms in total. The van der Waals surface area contributed by atoms with E-state index in [2.05, 4.69) is 41.0 Å². The van der Waals surface area contributed by atoms with Gasteiger partial charge in [-0.1, -0.05) is 6.07 Å². The van der Waals surface area contributed by atoms with Gasteiger partial charge in [-0.25, -0.2) is 4.79 Å². The summed E-state index contributed by atoms with van der Waals surface area (Å²) in [4.78, 5) is 23.5. The molecule has 1 aromatic rings. The number of nitrogens with one attached hydrogen (secondary N) is 1. The lowest BCUT2D eigenvalue weighted by Gasteiger charge is -2.43. The van der Waals surface area contributed by atoms with Crippen molar-refractivity contribution in [3.05, 3.63) is 30.1 Å². The Labute approximate surface area is 157 Å². The van der Waals surface area contributed by atoms with E-state index in [1.807, 2.05) is 18.2 Å². The third-order valence-corrected chi connectivity index (χ3v) is 5.17. The van der Waals surface area contributed by atoms with Crippen molar-refractivity contribution in [3.63, 3.8) is 0 Å². The van der Waals surface area contributed by atoms with Gasteiger partial charge in [-0.3, -0.25) is 9.88 Å². The van der Waals surface area contributed by atoms with Gasteiger partial charge < -0.3 is 19.9 Å². The van der Waals surface area contributed by atoms with Crippen LogP contribution in [-0.4, -0.2) is 91.8 Å². The molecule has 146 valence electrons. The molecule has 0 bridgehead atoms. The van der Waals surface area contributed by atoms with Gasteiger partial charge in [-0.05, 0) is 33.0 Å². The molecule has 2 heterocycles. The number of aromatic nitrogens is 1. The molecule has 1 unspecified atom stereocenters. The largest absolute Gasteiger partial charge is 0.382 e. The number of likely N-dealkylation sites (N-methyl/N-ethyl adjacent to an activating group) is 2. The van der Waals surface area contributed by atoms with Crippen LogP contribution in [0.5, 0.6) is 0 Å². The second kappa shape index (κ2) is 9.30. The van der Waals surface area contributed by atoms with Crippen LogP contribution < -0.4 is 5.32 Å². The summed E-state index contributed by atoms with van der Waals surface area (Å²) in [7, 11) is 5.57. The zero-order chi connectivity index (χ0) is 19.2. The number of methoxy groups -OCH3 is 1. The van der Waals surface area contributed by atoms with Crippen LogP contribution >= 0.6 is 0 Å². The maximum absolute atomic E-state index is 12.7. The molecule has 1 aliphatic heterocycles. The average Bonchev–Trinajstić information content (AvgIpc) is 2.64. The van der Waals surface area contributed by atoms with Gasteiger partial charge in [0.1, 0.15) is 0 Å². The van der Waals surface area contributed by atoms with Crippen LogP contribution in [0.3, 0.4) is 0 Å². The number of carbonyl (C=O) groups is 1. The Morgan fingerprint density at radius 1 is 1.35 bits per heavy atom. The van der Waals surface area contributed by atoms with Crippen molar-refractivity contribution in [1.29, 1.82) is 0 Å². The predicted molar refractivity (Wildman–Crippen MR) is 103 cm³/mol. The summed E-state index contributed by atoms with van der Waals surface area (Å²) in [5.74, 6) is 0. The fourth-order valence-electron chi connectivity index (χ4n) is 3.21. The van der Waals surface area contributed by atoms with Gasteiger partial charge in [0, 0.05) is 58.6 Å². The molecule has 1 atom stereocenters. The first kappa shape index (κ1) is 20.6. The van der Waals surface area contributed by atoms with E-state index in [4.69, 9.17) is 4.74 Å². The molecule has 0 spiro atoms. The number of pyridine rings is 1. The van der Waals surface area contributed by atoms with Gasteiger partial charge in [-0.2, -0.15) is 0 Å². The second-order valence-corrected chi connectivity index (χ2v) is 7.60. The highest BCUT2D eigenvalue weighted by Gasteiger charge is 2.30. The maximum atomic E-state index is 12.7. The molecule has 0 aromatic carbocycles. The van der Waals surface area contributed by atoms with E-state index in [0.29, 0.717) is 13.2 Å². The van der Waals surface area contributed by atoms with E-state index in [9.17, 15) is 4.79 Å². The summed E-state index contributed by atoms with van der Waals surface area (Å²) in [6.07, 6.45) is 1.74. The number of amides is 2. The molecule has 0 aliphatic carbocycles. The zero-order valence-electron chi connectivity index (χ0n) is 16.7. The number of urea groups is 1. The molecule has 26 heavy (non-hydrogen) atoms. The van der Waals surface area contributed by atoms with Crippen LogP contribution in [0.25, 0.3) is 0 Å². The van der Waals surface area contributed by atoms with Crippen LogP contribution in [0, 0.1) is 0 Å². The Kier molecular flexibility index (Phi) is 7.37. The van der Waals surface area contributed by atoms with Crippen LogP contribution in [0.4, 0.5) is 4.79 Å². The van der Waals surface area contributed by atoms with Crippen molar-refractivity contribution in [2.24, 2.45) is 0 Å². The minimum atomic E-state index is -0.215. The van der Waals surface area contributed by atoms with Crippen molar-refractivity contribution < 1.29 is 9.53 Å². The third-order valence-electron chi connectivity index (χ3n) is 5.17. The van der Waals surface area contributed by atoms with Gasteiger partial charge in [0.2, 0.25) is 0 Å². The number of piperazine rings is 1. The highest BCUT2D eigenvalue weighted by molar-refractivity contribution is 5.74. The Morgan fingerprint density at radius 2 is 2.04 bits per heavy atom. The molecular weight excluding hydrogens is 330 g/mol. The third kappa shape index (κ3) is 5.40. The summed E-state index contributed by atoms with van der Waals surface area (Å²) in [5, 5.41) is 3.09. The van der Waals surface area contributed by atoms with E-state index >= 15 is 0 Å². The van der Waals surface area contributed by atoms with Crippen LogP contribution in [-0.2, 0) is 4.74 Å². The molecule has 0 radical (unpaired) electrons. The molecule has 1 aliphatic rings. The minimum absolute atomic E-state index is 0.0838. The lowest BCUT2D eigenvalue weighted by molar-refractivity contribution is 0.0609. The van der Waals surface area contributed by atoms with E-state index in [1.54, 1.807) is 25.3 Å². The van der Waals surface area contributed by atoms with Crippen LogP contribution in [0.1, 0.15) is 25.6 Å². The average molecular weight is 364 g/mol. The van der Waals surface area contributed by atoms with Gasteiger partial charge in [-0.15, -0.1) is 0 Å². The Hall–Kier alpha value is -1.70. The topological polar surface area (TPSA) is 60.9 Å². The minimum Gasteiger partial charge on any atom is -0.382 e. The summed E-state index contributed by atoms with van der Waals surface area (Å²) in [5.41, 5.74) is 0.741. The molecule has 1 N–H and O–H groups in total. The summed E-state index contributed by atoms with van der Waals surface area (Å²) >= 11 is 0. The van der Waals surface area contributed by atoms with E-state index in [0.717, 1.165) is 31.9 Å². The number of hydrogen-bond donors (Lipinski definition) is 1. The smallest absolute Gasteiger partial charge is 0.317 e. The number of ether oxygens (including phenoxy) is 1. The molecule has 7 heteroatoms. The molecule has 1 fully saturated rings. The van der Waals surface area contributed by atoms with Gasteiger partial charge in [0.15, 0.2) is 0 Å². The van der Waals surface area contributed by atoms with E-state index in [-0.39, 0.29) is 17.6 Å². The van der Waals surface area contributed by atoms with Crippen molar-refractivity contribution in [1.82, 2.24) is 25.0 Å². The van der Waals surface area contributed by atoms with Gasteiger partial charge >= 0.3 is 6.03 Å². The summed E-state index contributed by atoms with van der Waals surface area (Å²) < 4.78 is 5.31. The molecular formula is C19H33N5O2. The van der Waals surface area contributed by atoms with Crippen molar-refractivity contribution in [2.45, 2.75) is 25.4 Å². The SMILES string of the molecule is COCC(c1ccccn1)N(C)C(=O)NCC(C)(C)N1CCN(C)CC1. The highest BCUT2D eigenvalue weighted by atomic mass is 16.5. The quantitative estimate of drug-likeness (QED) is 0.794. The van der Waals surface area contributed by atoms with Crippen LogP contribution in [0.15, 0.2) is 24.4 Å². The number of nitrogens with zero attached hydrogens (tertiary/aromatic N) is 4. The van der Waals surface area contributed by atoms with E-state index in [1.165, 1.54) is 0 Å². The summed E-state index contributed by atoms with van der Waals surface area (Å²) in [6, 6.07) is 5.38. The summed E-state index contributed by atoms with van der Waals surface area (Å²) in [6.45, 7) is 9.54. The first-order valence-electron chi connectivity index (χ1n) is 9.19.